The SMILES string of the molecule is CCC(NC(=O)/C=C/c1c(Cl)nc2ccccn12)c1ccc(Cl)cc1. The van der Waals surface area contributed by atoms with E-state index in [2.05, 4.69) is 10.3 Å². The normalized spacial score (nSPS) is 12.6. The van der Waals surface area contributed by atoms with Crippen LogP contribution in [0, 0.1) is 0 Å². The van der Waals surface area contributed by atoms with Gasteiger partial charge in [0.15, 0.2) is 5.15 Å². The first-order valence-corrected chi connectivity index (χ1v) is 8.70. The van der Waals surface area contributed by atoms with Crippen LogP contribution < -0.4 is 5.32 Å². The van der Waals surface area contributed by atoms with Crippen LogP contribution in [0.5, 0.6) is 0 Å². The van der Waals surface area contributed by atoms with Gasteiger partial charge in [0.2, 0.25) is 5.91 Å². The molecule has 0 spiro atoms. The fraction of sp³-hybridized carbons (Fsp3) is 0.158. The minimum atomic E-state index is -0.191. The summed E-state index contributed by atoms with van der Waals surface area (Å²) in [6, 6.07) is 13.0. The molecule has 3 rings (SSSR count). The summed E-state index contributed by atoms with van der Waals surface area (Å²) in [6.07, 6.45) is 5.78. The largest absolute Gasteiger partial charge is 0.346 e. The second-order valence-corrected chi connectivity index (χ2v) is 6.37. The number of pyridine rings is 1. The number of benzene rings is 1. The van der Waals surface area contributed by atoms with E-state index in [4.69, 9.17) is 23.2 Å². The Morgan fingerprint density at radius 2 is 2.00 bits per heavy atom. The van der Waals surface area contributed by atoms with Crippen molar-refractivity contribution in [2.45, 2.75) is 19.4 Å². The van der Waals surface area contributed by atoms with Gasteiger partial charge < -0.3 is 5.32 Å². The van der Waals surface area contributed by atoms with E-state index in [0.717, 1.165) is 17.6 Å². The molecule has 1 amide bonds. The van der Waals surface area contributed by atoms with E-state index in [1.807, 2.05) is 60.0 Å². The van der Waals surface area contributed by atoms with Gasteiger partial charge in [-0.3, -0.25) is 9.20 Å². The highest BCUT2D eigenvalue weighted by Gasteiger charge is 2.12. The Bertz CT molecular complexity index is 916. The predicted octanol–water partition coefficient (Wildman–Crippen LogP) is 4.92. The zero-order valence-electron chi connectivity index (χ0n) is 13.6. The van der Waals surface area contributed by atoms with Crippen LogP contribution in [-0.2, 0) is 4.79 Å². The van der Waals surface area contributed by atoms with Gasteiger partial charge in [0.25, 0.3) is 0 Å². The molecule has 0 aliphatic carbocycles. The molecule has 128 valence electrons. The van der Waals surface area contributed by atoms with Crippen LogP contribution in [0.2, 0.25) is 10.2 Å². The standard InChI is InChI=1S/C19H17Cl2N3O/c1-2-15(13-6-8-14(20)9-7-13)22-18(25)11-10-16-19(21)23-17-5-3-4-12-24(16)17/h3-12,15H,2H2,1H3,(H,22,25)/b11-10+. The molecular formula is C19H17Cl2N3O. The van der Waals surface area contributed by atoms with Gasteiger partial charge in [-0.1, -0.05) is 48.3 Å². The number of halogens is 2. The van der Waals surface area contributed by atoms with E-state index in [9.17, 15) is 4.79 Å². The van der Waals surface area contributed by atoms with Crippen LogP contribution in [-0.4, -0.2) is 15.3 Å². The maximum absolute atomic E-state index is 12.3. The average Bonchev–Trinajstić information content (AvgIpc) is 2.94. The molecular weight excluding hydrogens is 357 g/mol. The lowest BCUT2D eigenvalue weighted by Crippen LogP contribution is -2.26. The highest BCUT2D eigenvalue weighted by Crippen LogP contribution is 2.20. The molecule has 0 bridgehead atoms. The van der Waals surface area contributed by atoms with Gasteiger partial charge in [0.1, 0.15) is 5.65 Å². The number of nitrogens with zero attached hydrogens (tertiary/aromatic N) is 2. The van der Waals surface area contributed by atoms with Crippen LogP contribution in [0.25, 0.3) is 11.7 Å². The monoisotopic (exact) mass is 373 g/mol. The molecule has 2 heterocycles. The van der Waals surface area contributed by atoms with Crippen molar-refractivity contribution in [2.75, 3.05) is 0 Å². The molecule has 0 aliphatic heterocycles. The second kappa shape index (κ2) is 7.72. The minimum Gasteiger partial charge on any atom is -0.346 e. The lowest BCUT2D eigenvalue weighted by atomic mass is 10.0. The third-order valence-electron chi connectivity index (χ3n) is 3.91. The van der Waals surface area contributed by atoms with Gasteiger partial charge in [-0.05, 0) is 42.3 Å². The number of fused-ring (bicyclic) bond motifs is 1. The molecule has 6 heteroatoms. The smallest absolute Gasteiger partial charge is 0.244 e. The van der Waals surface area contributed by atoms with Gasteiger partial charge >= 0.3 is 0 Å². The summed E-state index contributed by atoms with van der Waals surface area (Å²) in [5, 5.41) is 4.03. The molecule has 0 saturated carbocycles. The van der Waals surface area contributed by atoms with Crippen molar-refractivity contribution in [3.8, 4) is 0 Å². The van der Waals surface area contributed by atoms with Crippen LogP contribution >= 0.6 is 23.2 Å². The molecule has 0 aliphatic rings. The number of nitrogens with one attached hydrogen (secondary N) is 1. The first-order chi connectivity index (χ1) is 12.1. The minimum absolute atomic E-state index is 0.0768. The van der Waals surface area contributed by atoms with E-state index in [1.54, 1.807) is 6.08 Å². The van der Waals surface area contributed by atoms with Crippen LogP contribution in [0.3, 0.4) is 0 Å². The highest BCUT2D eigenvalue weighted by molar-refractivity contribution is 6.31. The fourth-order valence-electron chi connectivity index (χ4n) is 2.63. The van der Waals surface area contributed by atoms with Crippen LogP contribution in [0.1, 0.15) is 30.6 Å². The van der Waals surface area contributed by atoms with Crippen molar-refractivity contribution in [2.24, 2.45) is 0 Å². The van der Waals surface area contributed by atoms with Crippen molar-refractivity contribution >= 4 is 40.8 Å². The Labute approximate surface area is 156 Å². The Balaban J connectivity index is 1.75. The van der Waals surface area contributed by atoms with Crippen molar-refractivity contribution in [3.05, 3.63) is 76.2 Å². The Kier molecular flexibility index (Phi) is 5.41. The fourth-order valence-corrected chi connectivity index (χ4v) is 2.99. The molecule has 1 N–H and O–H groups in total. The van der Waals surface area contributed by atoms with Crippen molar-refractivity contribution in [1.29, 1.82) is 0 Å². The highest BCUT2D eigenvalue weighted by atomic mass is 35.5. The first-order valence-electron chi connectivity index (χ1n) is 7.95. The zero-order valence-corrected chi connectivity index (χ0v) is 15.1. The molecule has 1 aromatic carbocycles. The summed E-state index contributed by atoms with van der Waals surface area (Å²) in [5.74, 6) is -0.191. The molecule has 3 aromatic rings. The molecule has 0 saturated heterocycles. The van der Waals surface area contributed by atoms with E-state index in [0.29, 0.717) is 15.9 Å². The van der Waals surface area contributed by atoms with E-state index in [1.165, 1.54) is 6.08 Å². The van der Waals surface area contributed by atoms with Crippen molar-refractivity contribution in [3.63, 3.8) is 0 Å². The van der Waals surface area contributed by atoms with E-state index < -0.39 is 0 Å². The molecule has 0 fully saturated rings. The Hall–Kier alpha value is -2.30. The van der Waals surface area contributed by atoms with Gasteiger partial charge in [-0.15, -0.1) is 0 Å². The lowest BCUT2D eigenvalue weighted by molar-refractivity contribution is -0.117. The number of carbonyl (C=O) groups is 1. The number of hydrogen-bond donors (Lipinski definition) is 1. The summed E-state index contributed by atoms with van der Waals surface area (Å²) >= 11 is 12.1. The van der Waals surface area contributed by atoms with Gasteiger partial charge in [0.05, 0.1) is 11.7 Å². The maximum atomic E-state index is 12.3. The number of carbonyl (C=O) groups excluding carboxylic acids is 1. The van der Waals surface area contributed by atoms with E-state index >= 15 is 0 Å². The Morgan fingerprint density at radius 3 is 2.72 bits per heavy atom. The second-order valence-electron chi connectivity index (χ2n) is 5.57. The molecule has 2 aromatic heterocycles. The zero-order chi connectivity index (χ0) is 17.8. The van der Waals surface area contributed by atoms with Crippen molar-refractivity contribution in [1.82, 2.24) is 14.7 Å². The summed E-state index contributed by atoms with van der Waals surface area (Å²) in [7, 11) is 0. The van der Waals surface area contributed by atoms with Crippen LogP contribution in [0.4, 0.5) is 0 Å². The third-order valence-corrected chi connectivity index (χ3v) is 4.44. The van der Waals surface area contributed by atoms with Crippen molar-refractivity contribution < 1.29 is 4.79 Å². The summed E-state index contributed by atoms with van der Waals surface area (Å²) in [6.45, 7) is 2.02. The number of rotatable bonds is 5. The summed E-state index contributed by atoms with van der Waals surface area (Å²) in [5.41, 5.74) is 2.42. The summed E-state index contributed by atoms with van der Waals surface area (Å²) < 4.78 is 1.84. The number of aromatic nitrogens is 2. The molecule has 25 heavy (non-hydrogen) atoms. The number of amides is 1. The Morgan fingerprint density at radius 1 is 1.24 bits per heavy atom. The van der Waals surface area contributed by atoms with Gasteiger partial charge in [-0.25, -0.2) is 4.98 Å². The summed E-state index contributed by atoms with van der Waals surface area (Å²) in [4.78, 5) is 16.6. The molecule has 4 nitrogen and oxygen atoms in total. The number of hydrogen-bond acceptors (Lipinski definition) is 2. The predicted molar refractivity (Wildman–Crippen MR) is 102 cm³/mol. The average molecular weight is 374 g/mol. The number of imidazole rings is 1. The van der Waals surface area contributed by atoms with E-state index in [-0.39, 0.29) is 11.9 Å². The quantitative estimate of drug-likeness (QED) is 0.645. The van der Waals surface area contributed by atoms with Gasteiger partial charge in [0, 0.05) is 17.3 Å². The third kappa shape index (κ3) is 4.03. The maximum Gasteiger partial charge on any atom is 0.244 e. The van der Waals surface area contributed by atoms with Crippen LogP contribution in [0.15, 0.2) is 54.7 Å². The lowest BCUT2D eigenvalue weighted by Gasteiger charge is -2.16. The topological polar surface area (TPSA) is 46.4 Å². The molecule has 1 unspecified atom stereocenters. The first kappa shape index (κ1) is 17.5. The molecule has 1 atom stereocenters. The molecule has 0 radical (unpaired) electrons. The van der Waals surface area contributed by atoms with Gasteiger partial charge in [-0.2, -0.15) is 0 Å².